The van der Waals surface area contributed by atoms with Crippen molar-refractivity contribution in [3.8, 4) is 5.75 Å². The first kappa shape index (κ1) is 20.5. The van der Waals surface area contributed by atoms with Crippen LogP contribution in [0.25, 0.3) is 0 Å². The Morgan fingerprint density at radius 3 is 2.38 bits per heavy atom. The van der Waals surface area contributed by atoms with Crippen LogP contribution in [-0.2, 0) is 19.7 Å². The highest BCUT2D eigenvalue weighted by molar-refractivity contribution is 6.35. The van der Waals surface area contributed by atoms with Gasteiger partial charge in [-0.15, -0.1) is 12.4 Å². The summed E-state index contributed by atoms with van der Waals surface area (Å²) in [4.78, 5) is 4.11. The van der Waals surface area contributed by atoms with Gasteiger partial charge in [-0.2, -0.15) is 0 Å². The molecule has 0 aliphatic carbocycles. The van der Waals surface area contributed by atoms with Gasteiger partial charge in [0, 0.05) is 41.1 Å². The van der Waals surface area contributed by atoms with Crippen LogP contribution < -0.4 is 10.1 Å². The van der Waals surface area contributed by atoms with Gasteiger partial charge in [-0.25, -0.2) is 0 Å². The Labute approximate surface area is 169 Å². The lowest BCUT2D eigenvalue weighted by molar-refractivity contribution is 0.306. The van der Waals surface area contributed by atoms with Gasteiger partial charge in [0.25, 0.3) is 0 Å². The van der Waals surface area contributed by atoms with Crippen LogP contribution in [0, 0.1) is 0 Å². The number of ether oxygens (including phenoxy) is 1. The fourth-order valence-electron chi connectivity index (χ4n) is 2.36. The summed E-state index contributed by atoms with van der Waals surface area (Å²) in [5.74, 6) is 0.807. The quantitative estimate of drug-likeness (QED) is 0.545. The lowest BCUT2D eigenvalue weighted by Crippen LogP contribution is -2.12. The van der Waals surface area contributed by atoms with Crippen molar-refractivity contribution in [3.05, 3.63) is 93.7 Å². The molecule has 1 N–H and O–H groups in total. The van der Waals surface area contributed by atoms with Crippen molar-refractivity contribution in [2.75, 3.05) is 0 Å². The lowest BCUT2D eigenvalue weighted by atomic mass is 10.2. The molecule has 1 heterocycles. The number of halogens is 3. The first-order valence-corrected chi connectivity index (χ1v) is 8.71. The van der Waals surface area contributed by atoms with Gasteiger partial charge in [0.2, 0.25) is 0 Å². The van der Waals surface area contributed by atoms with E-state index < -0.39 is 0 Å². The molecule has 0 aliphatic rings. The molecule has 0 unspecified atom stereocenters. The molecule has 0 saturated heterocycles. The maximum absolute atomic E-state index is 6.15. The van der Waals surface area contributed by atoms with Crippen molar-refractivity contribution in [3.63, 3.8) is 0 Å². The van der Waals surface area contributed by atoms with E-state index in [4.69, 9.17) is 27.9 Å². The van der Waals surface area contributed by atoms with Crippen molar-refractivity contribution in [1.82, 2.24) is 10.3 Å². The zero-order chi connectivity index (χ0) is 17.5. The molecule has 0 spiro atoms. The highest BCUT2D eigenvalue weighted by Gasteiger charge is 2.03. The van der Waals surface area contributed by atoms with E-state index in [9.17, 15) is 0 Å². The zero-order valence-corrected chi connectivity index (χ0v) is 16.3. The Kier molecular flexibility index (Phi) is 8.20. The molecule has 1 aromatic heterocycles. The highest BCUT2D eigenvalue weighted by atomic mass is 35.5. The average molecular weight is 410 g/mol. The number of hydrogen-bond donors (Lipinski definition) is 1. The second-order valence-electron chi connectivity index (χ2n) is 5.63. The number of nitrogens with zero attached hydrogens (tertiary/aromatic N) is 1. The molecule has 3 rings (SSSR count). The van der Waals surface area contributed by atoms with Gasteiger partial charge in [-0.1, -0.05) is 47.5 Å². The minimum Gasteiger partial charge on any atom is -0.489 e. The van der Waals surface area contributed by atoms with E-state index in [1.807, 2.05) is 36.5 Å². The number of nitrogens with one attached hydrogen (secondary N) is 1. The van der Waals surface area contributed by atoms with Crippen LogP contribution in [0.4, 0.5) is 0 Å². The molecule has 3 nitrogen and oxygen atoms in total. The van der Waals surface area contributed by atoms with Crippen LogP contribution >= 0.6 is 35.6 Å². The molecule has 0 saturated carbocycles. The average Bonchev–Trinajstić information content (AvgIpc) is 2.63. The monoisotopic (exact) mass is 408 g/mol. The Morgan fingerprint density at radius 2 is 1.69 bits per heavy atom. The predicted octanol–water partition coefficient (Wildman–Crippen LogP) is 5.68. The summed E-state index contributed by atoms with van der Waals surface area (Å²) in [6.45, 7) is 1.99. The highest BCUT2D eigenvalue weighted by Crippen LogP contribution is 2.22. The third-order valence-electron chi connectivity index (χ3n) is 3.71. The van der Waals surface area contributed by atoms with Crippen LogP contribution in [0.5, 0.6) is 5.75 Å². The SMILES string of the molecule is Cl.Clc1ccc(COc2ccc(CNCc3cccnc3)cc2)c(Cl)c1. The van der Waals surface area contributed by atoms with Crippen LogP contribution in [-0.4, -0.2) is 4.98 Å². The summed E-state index contributed by atoms with van der Waals surface area (Å²) in [6.07, 6.45) is 3.64. The van der Waals surface area contributed by atoms with Crippen molar-refractivity contribution >= 4 is 35.6 Å². The second-order valence-corrected chi connectivity index (χ2v) is 6.48. The number of aromatic nitrogens is 1. The first-order chi connectivity index (χ1) is 12.2. The summed E-state index contributed by atoms with van der Waals surface area (Å²) >= 11 is 12.0. The Balaban J connectivity index is 0.00000243. The molecule has 0 amide bonds. The van der Waals surface area contributed by atoms with Gasteiger partial charge in [0.15, 0.2) is 0 Å². The minimum absolute atomic E-state index is 0. The predicted molar refractivity (Wildman–Crippen MR) is 109 cm³/mol. The van der Waals surface area contributed by atoms with Gasteiger partial charge >= 0.3 is 0 Å². The maximum atomic E-state index is 6.15. The first-order valence-electron chi connectivity index (χ1n) is 7.96. The van der Waals surface area contributed by atoms with Crippen LogP contribution in [0.2, 0.25) is 10.0 Å². The van der Waals surface area contributed by atoms with E-state index in [0.29, 0.717) is 16.7 Å². The van der Waals surface area contributed by atoms with E-state index in [0.717, 1.165) is 24.4 Å². The third kappa shape index (κ3) is 6.19. The molecule has 6 heteroatoms. The largest absolute Gasteiger partial charge is 0.489 e. The molecule has 136 valence electrons. The standard InChI is InChI=1S/C20H18Cl2N2O.ClH/c21-18-6-5-17(20(22)10-18)14-25-19-7-3-15(4-8-19)11-24-13-16-2-1-9-23-12-16;/h1-10,12,24H,11,13-14H2;1H. The Bertz CT molecular complexity index is 811. The molecular weight excluding hydrogens is 391 g/mol. The molecule has 3 aromatic rings. The van der Waals surface area contributed by atoms with Crippen LogP contribution in [0.15, 0.2) is 67.0 Å². The van der Waals surface area contributed by atoms with E-state index in [1.165, 1.54) is 11.1 Å². The number of pyridine rings is 1. The van der Waals surface area contributed by atoms with Gasteiger partial charge in [0.05, 0.1) is 0 Å². The Morgan fingerprint density at radius 1 is 0.923 bits per heavy atom. The summed E-state index contributed by atoms with van der Waals surface area (Å²) < 4.78 is 5.79. The molecule has 0 bridgehead atoms. The van der Waals surface area contributed by atoms with E-state index in [-0.39, 0.29) is 12.4 Å². The molecule has 0 atom stereocenters. The van der Waals surface area contributed by atoms with Crippen molar-refractivity contribution in [2.24, 2.45) is 0 Å². The van der Waals surface area contributed by atoms with Gasteiger partial charge in [-0.3, -0.25) is 4.98 Å². The third-order valence-corrected chi connectivity index (χ3v) is 4.30. The van der Waals surface area contributed by atoms with Crippen molar-refractivity contribution in [1.29, 1.82) is 0 Å². The van der Waals surface area contributed by atoms with Gasteiger partial charge in [0.1, 0.15) is 12.4 Å². The minimum atomic E-state index is 0. The molecular formula is C20H19Cl3N2O. The number of hydrogen-bond acceptors (Lipinski definition) is 3. The zero-order valence-electron chi connectivity index (χ0n) is 14.0. The fourth-order valence-corrected chi connectivity index (χ4v) is 2.82. The van der Waals surface area contributed by atoms with Gasteiger partial charge in [-0.05, 0) is 41.5 Å². The Hall–Kier alpha value is -1.78. The summed E-state index contributed by atoms with van der Waals surface area (Å²) in [5.41, 5.74) is 3.27. The topological polar surface area (TPSA) is 34.1 Å². The maximum Gasteiger partial charge on any atom is 0.119 e. The lowest BCUT2D eigenvalue weighted by Gasteiger charge is -2.09. The van der Waals surface area contributed by atoms with Gasteiger partial charge < -0.3 is 10.1 Å². The normalized spacial score (nSPS) is 10.2. The molecule has 0 aliphatic heterocycles. The smallest absolute Gasteiger partial charge is 0.119 e. The number of rotatable bonds is 7. The second kappa shape index (κ2) is 10.4. The van der Waals surface area contributed by atoms with E-state index in [1.54, 1.807) is 12.3 Å². The molecule has 2 aromatic carbocycles. The molecule has 0 fully saturated rings. The molecule has 0 radical (unpaired) electrons. The van der Waals surface area contributed by atoms with Crippen molar-refractivity contribution in [2.45, 2.75) is 19.7 Å². The van der Waals surface area contributed by atoms with Crippen LogP contribution in [0.1, 0.15) is 16.7 Å². The van der Waals surface area contributed by atoms with Crippen molar-refractivity contribution < 1.29 is 4.74 Å². The summed E-state index contributed by atoms with van der Waals surface area (Å²) in [6, 6.07) is 17.4. The van der Waals surface area contributed by atoms with E-state index >= 15 is 0 Å². The summed E-state index contributed by atoms with van der Waals surface area (Å²) in [5, 5.41) is 4.63. The summed E-state index contributed by atoms with van der Waals surface area (Å²) in [7, 11) is 0. The number of benzene rings is 2. The fraction of sp³-hybridized carbons (Fsp3) is 0.150. The van der Waals surface area contributed by atoms with E-state index in [2.05, 4.69) is 28.5 Å². The van der Waals surface area contributed by atoms with Crippen LogP contribution in [0.3, 0.4) is 0 Å². The molecule has 26 heavy (non-hydrogen) atoms.